The van der Waals surface area contributed by atoms with Crippen LogP contribution in [0.4, 0.5) is 11.4 Å². The first-order chi connectivity index (χ1) is 14.0. The van der Waals surface area contributed by atoms with Crippen LogP contribution < -0.4 is 15.0 Å². The zero-order valence-corrected chi connectivity index (χ0v) is 16.5. The van der Waals surface area contributed by atoms with Gasteiger partial charge in [0.05, 0.1) is 29.6 Å². The summed E-state index contributed by atoms with van der Waals surface area (Å²) in [6, 6.07) is 13.9. The Balaban J connectivity index is 1.82. The summed E-state index contributed by atoms with van der Waals surface area (Å²) >= 11 is 0. The maximum Gasteiger partial charge on any atom is 0.337 e. The number of carbonyl (C=O) groups excluding carboxylic acids is 2. The highest BCUT2D eigenvalue weighted by atomic mass is 16.5. The SMILES string of the molecule is COC(=O)c1ccc(N2CCCC2)c(NC(=O)C(C)Oc2ccccc2C#N)c1. The van der Waals surface area contributed by atoms with E-state index in [9.17, 15) is 14.9 Å². The van der Waals surface area contributed by atoms with Crippen LogP contribution in [0.25, 0.3) is 0 Å². The molecule has 1 atom stereocenters. The molecule has 29 heavy (non-hydrogen) atoms. The van der Waals surface area contributed by atoms with Gasteiger partial charge in [0.25, 0.3) is 5.91 Å². The maximum atomic E-state index is 12.8. The van der Waals surface area contributed by atoms with Crippen molar-refractivity contribution in [2.24, 2.45) is 0 Å². The number of benzene rings is 2. The lowest BCUT2D eigenvalue weighted by molar-refractivity contribution is -0.122. The number of rotatable bonds is 6. The zero-order chi connectivity index (χ0) is 20.8. The molecule has 2 aromatic carbocycles. The number of hydrogen-bond acceptors (Lipinski definition) is 6. The summed E-state index contributed by atoms with van der Waals surface area (Å²) in [4.78, 5) is 26.9. The van der Waals surface area contributed by atoms with Crippen LogP contribution in [0, 0.1) is 11.3 Å². The molecule has 1 amide bonds. The van der Waals surface area contributed by atoms with Crippen LogP contribution >= 0.6 is 0 Å². The number of esters is 1. The fourth-order valence-corrected chi connectivity index (χ4v) is 3.25. The Bertz CT molecular complexity index is 945. The molecule has 1 aliphatic rings. The van der Waals surface area contributed by atoms with Crippen LogP contribution in [0.3, 0.4) is 0 Å². The van der Waals surface area contributed by atoms with E-state index in [2.05, 4.69) is 10.2 Å². The van der Waals surface area contributed by atoms with E-state index in [1.165, 1.54) is 7.11 Å². The third-order valence-corrected chi connectivity index (χ3v) is 4.80. The second-order valence-electron chi connectivity index (χ2n) is 6.77. The first kappa shape index (κ1) is 20.2. The lowest BCUT2D eigenvalue weighted by Crippen LogP contribution is -2.31. The van der Waals surface area contributed by atoms with Crippen molar-refractivity contribution in [1.82, 2.24) is 0 Å². The van der Waals surface area contributed by atoms with E-state index < -0.39 is 12.1 Å². The molecule has 150 valence electrons. The van der Waals surface area contributed by atoms with Crippen LogP contribution in [-0.4, -0.2) is 38.2 Å². The summed E-state index contributed by atoms with van der Waals surface area (Å²) in [5.74, 6) is -0.498. The summed E-state index contributed by atoms with van der Waals surface area (Å²) in [7, 11) is 1.32. The largest absolute Gasteiger partial charge is 0.480 e. The molecule has 0 radical (unpaired) electrons. The highest BCUT2D eigenvalue weighted by Crippen LogP contribution is 2.31. The van der Waals surface area contributed by atoms with E-state index in [0.29, 0.717) is 22.6 Å². The summed E-state index contributed by atoms with van der Waals surface area (Å²) in [6.07, 6.45) is 1.32. The van der Waals surface area contributed by atoms with Gasteiger partial charge in [0.15, 0.2) is 6.10 Å². The summed E-state index contributed by atoms with van der Waals surface area (Å²) in [5.41, 5.74) is 2.10. The van der Waals surface area contributed by atoms with E-state index in [-0.39, 0.29) is 5.91 Å². The number of hydrogen-bond donors (Lipinski definition) is 1. The minimum absolute atomic E-state index is 0.348. The maximum absolute atomic E-state index is 12.8. The van der Waals surface area contributed by atoms with E-state index >= 15 is 0 Å². The fraction of sp³-hybridized carbons (Fsp3) is 0.318. The molecule has 7 nitrogen and oxygen atoms in total. The van der Waals surface area contributed by atoms with Gasteiger partial charge in [0.2, 0.25) is 0 Å². The number of methoxy groups -OCH3 is 1. The predicted molar refractivity (Wildman–Crippen MR) is 109 cm³/mol. The molecule has 0 spiro atoms. The Morgan fingerprint density at radius 3 is 2.59 bits per heavy atom. The average Bonchev–Trinajstić information content (AvgIpc) is 3.28. The topological polar surface area (TPSA) is 91.7 Å². The minimum atomic E-state index is -0.835. The third-order valence-electron chi connectivity index (χ3n) is 4.80. The second-order valence-corrected chi connectivity index (χ2v) is 6.77. The van der Waals surface area contributed by atoms with Crippen molar-refractivity contribution in [2.75, 3.05) is 30.4 Å². The zero-order valence-electron chi connectivity index (χ0n) is 16.5. The average molecular weight is 393 g/mol. The van der Waals surface area contributed by atoms with Crippen LogP contribution in [0.2, 0.25) is 0 Å². The van der Waals surface area contributed by atoms with Gasteiger partial charge >= 0.3 is 5.97 Å². The normalized spacial score (nSPS) is 14.0. The monoisotopic (exact) mass is 393 g/mol. The number of ether oxygens (including phenoxy) is 2. The van der Waals surface area contributed by atoms with Crippen molar-refractivity contribution in [1.29, 1.82) is 5.26 Å². The van der Waals surface area contributed by atoms with Crippen molar-refractivity contribution in [3.05, 3.63) is 53.6 Å². The van der Waals surface area contributed by atoms with Crippen LogP contribution in [-0.2, 0) is 9.53 Å². The van der Waals surface area contributed by atoms with E-state index in [1.807, 2.05) is 12.1 Å². The molecule has 2 aromatic rings. The molecule has 3 rings (SSSR count). The number of amides is 1. The standard InChI is InChI=1S/C22H23N3O4/c1-15(29-20-8-4-3-7-17(20)14-23)21(26)24-18-13-16(22(27)28-2)9-10-19(18)25-11-5-6-12-25/h3-4,7-10,13,15H,5-6,11-12H2,1-2H3,(H,24,26). The molecule has 1 unspecified atom stereocenters. The molecule has 1 aliphatic heterocycles. The molecule has 7 heteroatoms. The van der Waals surface area contributed by atoms with Gasteiger partial charge in [0.1, 0.15) is 11.8 Å². The van der Waals surface area contributed by atoms with Gasteiger partial charge in [-0.3, -0.25) is 4.79 Å². The van der Waals surface area contributed by atoms with Crippen molar-refractivity contribution in [3.8, 4) is 11.8 Å². The Hall–Kier alpha value is -3.53. The van der Waals surface area contributed by atoms with Gasteiger partial charge in [-0.2, -0.15) is 5.26 Å². The Morgan fingerprint density at radius 2 is 1.90 bits per heavy atom. The third kappa shape index (κ3) is 4.66. The molecular formula is C22H23N3O4. The van der Waals surface area contributed by atoms with Gasteiger partial charge in [0, 0.05) is 13.1 Å². The molecule has 1 N–H and O–H groups in total. The predicted octanol–water partition coefficient (Wildman–Crippen LogP) is 3.35. The van der Waals surface area contributed by atoms with Gasteiger partial charge < -0.3 is 19.7 Å². The number of anilines is 2. The minimum Gasteiger partial charge on any atom is -0.480 e. The molecule has 1 fully saturated rings. The smallest absolute Gasteiger partial charge is 0.337 e. The molecule has 0 bridgehead atoms. The van der Waals surface area contributed by atoms with Crippen LogP contribution in [0.5, 0.6) is 5.75 Å². The lowest BCUT2D eigenvalue weighted by Gasteiger charge is -2.23. The Kier molecular flexibility index (Phi) is 6.35. The molecule has 1 heterocycles. The van der Waals surface area contributed by atoms with Crippen LogP contribution in [0.15, 0.2) is 42.5 Å². The second kappa shape index (κ2) is 9.11. The molecule has 0 saturated carbocycles. The number of carbonyl (C=O) groups is 2. The Morgan fingerprint density at radius 1 is 1.17 bits per heavy atom. The van der Waals surface area contributed by atoms with Gasteiger partial charge in [-0.1, -0.05) is 12.1 Å². The summed E-state index contributed by atoms with van der Waals surface area (Å²) < 4.78 is 10.5. The van der Waals surface area contributed by atoms with Gasteiger partial charge in [-0.25, -0.2) is 4.79 Å². The summed E-state index contributed by atoms with van der Waals surface area (Å²) in [5, 5.41) is 12.1. The van der Waals surface area contributed by atoms with Crippen molar-refractivity contribution >= 4 is 23.3 Å². The first-order valence-electron chi connectivity index (χ1n) is 9.47. The highest BCUT2D eigenvalue weighted by Gasteiger charge is 2.22. The Labute approximate surface area is 169 Å². The lowest BCUT2D eigenvalue weighted by atomic mass is 10.1. The highest BCUT2D eigenvalue weighted by molar-refractivity contribution is 5.99. The van der Waals surface area contributed by atoms with Crippen molar-refractivity contribution in [2.45, 2.75) is 25.9 Å². The van der Waals surface area contributed by atoms with E-state index in [4.69, 9.17) is 9.47 Å². The quantitative estimate of drug-likeness (QED) is 0.757. The fourth-order valence-electron chi connectivity index (χ4n) is 3.25. The van der Waals surface area contributed by atoms with Crippen molar-refractivity contribution < 1.29 is 19.1 Å². The summed E-state index contributed by atoms with van der Waals surface area (Å²) in [6.45, 7) is 3.40. The molecular weight excluding hydrogens is 370 g/mol. The number of nitriles is 1. The van der Waals surface area contributed by atoms with E-state index in [1.54, 1.807) is 43.3 Å². The molecule has 1 saturated heterocycles. The van der Waals surface area contributed by atoms with E-state index in [0.717, 1.165) is 31.6 Å². The van der Waals surface area contributed by atoms with Gasteiger partial charge in [-0.15, -0.1) is 0 Å². The number of para-hydroxylation sites is 1. The van der Waals surface area contributed by atoms with Gasteiger partial charge in [-0.05, 0) is 50.1 Å². The first-order valence-corrected chi connectivity index (χ1v) is 9.47. The molecule has 0 aliphatic carbocycles. The molecule has 0 aromatic heterocycles. The van der Waals surface area contributed by atoms with Crippen LogP contribution in [0.1, 0.15) is 35.7 Å². The number of nitrogens with one attached hydrogen (secondary N) is 1. The van der Waals surface area contributed by atoms with Crippen molar-refractivity contribution in [3.63, 3.8) is 0 Å². The number of nitrogens with zero attached hydrogens (tertiary/aromatic N) is 2.